The number of hydrogen-bond acceptors (Lipinski definition) is 3. The largest absolute Gasteiger partial charge is 0.356 e. The van der Waals surface area contributed by atoms with Gasteiger partial charge in [-0.2, -0.15) is 0 Å². The van der Waals surface area contributed by atoms with Gasteiger partial charge in [0, 0.05) is 37.5 Å². The minimum absolute atomic E-state index is 0.0394. The van der Waals surface area contributed by atoms with E-state index in [2.05, 4.69) is 21.7 Å². The average molecular weight is 325 g/mol. The van der Waals surface area contributed by atoms with Gasteiger partial charge in [-0.25, -0.2) is 0 Å². The maximum Gasteiger partial charge on any atom is 0.226 e. The summed E-state index contributed by atoms with van der Waals surface area (Å²) in [5, 5.41) is 5.57. The monoisotopic (exact) mass is 325 g/mol. The molecule has 0 spiro atoms. The lowest BCUT2D eigenvalue weighted by atomic mass is 9.93. The summed E-state index contributed by atoms with van der Waals surface area (Å²) in [6, 6.07) is 11.5. The lowest BCUT2D eigenvalue weighted by Gasteiger charge is -2.14. The van der Waals surface area contributed by atoms with E-state index >= 15 is 0 Å². The molecule has 0 aliphatic carbocycles. The van der Waals surface area contributed by atoms with Crippen molar-refractivity contribution in [1.29, 1.82) is 0 Å². The molecule has 0 aliphatic rings. The van der Waals surface area contributed by atoms with Gasteiger partial charge in [-0.3, -0.25) is 14.6 Å². The molecule has 126 valence electrons. The van der Waals surface area contributed by atoms with Crippen LogP contribution in [0.5, 0.6) is 0 Å². The number of nitrogens with zero attached hydrogens (tertiary/aromatic N) is 1. The van der Waals surface area contributed by atoms with Crippen LogP contribution in [-0.2, 0) is 9.59 Å². The second-order valence-electron chi connectivity index (χ2n) is 5.85. The van der Waals surface area contributed by atoms with E-state index in [1.807, 2.05) is 32.0 Å². The Bertz CT molecular complexity index is 686. The van der Waals surface area contributed by atoms with Crippen LogP contribution in [0.4, 0.5) is 5.69 Å². The van der Waals surface area contributed by atoms with E-state index in [1.165, 1.54) is 11.1 Å². The summed E-state index contributed by atoms with van der Waals surface area (Å²) >= 11 is 0. The predicted octanol–water partition coefficient (Wildman–Crippen LogP) is 3.03. The first-order valence-corrected chi connectivity index (χ1v) is 8.08. The highest BCUT2D eigenvalue weighted by Crippen LogP contribution is 2.22. The molecule has 1 heterocycles. The zero-order chi connectivity index (χ0) is 17.4. The molecule has 24 heavy (non-hydrogen) atoms. The molecule has 0 fully saturated rings. The maximum atomic E-state index is 12.0. The van der Waals surface area contributed by atoms with E-state index in [9.17, 15) is 9.59 Å². The molecular weight excluding hydrogens is 302 g/mol. The Labute approximate surface area is 142 Å². The topological polar surface area (TPSA) is 71.1 Å². The molecule has 0 unspecified atom stereocenters. The number of pyridine rings is 1. The molecule has 2 N–H and O–H groups in total. The lowest BCUT2D eigenvalue weighted by molar-refractivity contribution is -0.121. The zero-order valence-corrected chi connectivity index (χ0v) is 14.1. The number of nitrogens with one attached hydrogen (secondary N) is 2. The Morgan fingerprint density at radius 1 is 1.08 bits per heavy atom. The van der Waals surface area contributed by atoms with Crippen LogP contribution in [0.2, 0.25) is 0 Å². The fourth-order valence-electron chi connectivity index (χ4n) is 2.57. The number of aryl methyl sites for hydroxylation is 1. The summed E-state index contributed by atoms with van der Waals surface area (Å²) in [7, 11) is 0. The number of benzene rings is 1. The van der Waals surface area contributed by atoms with Gasteiger partial charge in [0.05, 0.1) is 0 Å². The van der Waals surface area contributed by atoms with Crippen molar-refractivity contribution in [3.8, 4) is 0 Å². The number of carbonyl (C=O) groups is 2. The molecular formula is C19H23N3O2. The first-order valence-electron chi connectivity index (χ1n) is 8.08. The van der Waals surface area contributed by atoms with Crippen molar-refractivity contribution >= 4 is 17.5 Å². The Balaban J connectivity index is 1.71. The highest BCUT2D eigenvalue weighted by Gasteiger charge is 2.13. The van der Waals surface area contributed by atoms with E-state index in [4.69, 9.17) is 0 Å². The minimum atomic E-state index is -0.131. The van der Waals surface area contributed by atoms with Gasteiger partial charge in [-0.1, -0.05) is 31.2 Å². The summed E-state index contributed by atoms with van der Waals surface area (Å²) in [6.07, 6.45) is 3.89. The predicted molar refractivity (Wildman–Crippen MR) is 94.7 cm³/mol. The van der Waals surface area contributed by atoms with Crippen molar-refractivity contribution in [2.24, 2.45) is 0 Å². The molecule has 1 aromatic carbocycles. The van der Waals surface area contributed by atoms with E-state index < -0.39 is 0 Å². The van der Waals surface area contributed by atoms with E-state index in [0.717, 1.165) is 0 Å². The third-order valence-corrected chi connectivity index (χ3v) is 3.85. The van der Waals surface area contributed by atoms with Crippen LogP contribution in [-0.4, -0.2) is 23.3 Å². The zero-order valence-electron chi connectivity index (χ0n) is 14.1. The van der Waals surface area contributed by atoms with E-state index in [0.29, 0.717) is 18.7 Å². The van der Waals surface area contributed by atoms with Crippen molar-refractivity contribution in [1.82, 2.24) is 10.3 Å². The molecule has 2 amide bonds. The molecule has 2 rings (SSSR count). The first-order chi connectivity index (χ1) is 11.6. The SMILES string of the molecule is Cc1ccccc1[C@H](C)CC(=O)NCCC(=O)Nc1ccncc1. The summed E-state index contributed by atoms with van der Waals surface area (Å²) in [6.45, 7) is 4.42. The third-order valence-electron chi connectivity index (χ3n) is 3.85. The number of anilines is 1. The number of hydrogen-bond donors (Lipinski definition) is 2. The summed E-state index contributed by atoms with van der Waals surface area (Å²) in [5.74, 6) is -0.0206. The van der Waals surface area contributed by atoms with Crippen LogP contribution in [0.15, 0.2) is 48.8 Å². The van der Waals surface area contributed by atoms with Gasteiger partial charge in [0.2, 0.25) is 11.8 Å². The second kappa shape index (κ2) is 8.82. The van der Waals surface area contributed by atoms with Gasteiger partial charge in [-0.15, -0.1) is 0 Å². The van der Waals surface area contributed by atoms with Gasteiger partial charge in [0.15, 0.2) is 0 Å². The Morgan fingerprint density at radius 3 is 2.50 bits per heavy atom. The highest BCUT2D eigenvalue weighted by molar-refractivity contribution is 5.91. The normalized spacial score (nSPS) is 11.6. The Kier molecular flexibility index (Phi) is 6.49. The summed E-state index contributed by atoms with van der Waals surface area (Å²) < 4.78 is 0. The van der Waals surface area contributed by atoms with Crippen LogP contribution in [0, 0.1) is 6.92 Å². The second-order valence-corrected chi connectivity index (χ2v) is 5.85. The van der Waals surface area contributed by atoms with Gasteiger partial charge in [-0.05, 0) is 36.1 Å². The molecule has 5 heteroatoms. The number of amides is 2. The fourth-order valence-corrected chi connectivity index (χ4v) is 2.57. The van der Waals surface area contributed by atoms with Crippen molar-refractivity contribution < 1.29 is 9.59 Å². The molecule has 0 saturated heterocycles. The third kappa shape index (κ3) is 5.50. The minimum Gasteiger partial charge on any atom is -0.356 e. The Morgan fingerprint density at radius 2 is 1.79 bits per heavy atom. The fraction of sp³-hybridized carbons (Fsp3) is 0.316. The average Bonchev–Trinajstić information content (AvgIpc) is 2.56. The molecule has 2 aromatic rings. The number of aromatic nitrogens is 1. The number of carbonyl (C=O) groups excluding carboxylic acids is 2. The van der Waals surface area contributed by atoms with Crippen molar-refractivity contribution in [3.05, 3.63) is 59.9 Å². The van der Waals surface area contributed by atoms with Gasteiger partial charge in [0.1, 0.15) is 0 Å². The molecule has 0 aliphatic heterocycles. The van der Waals surface area contributed by atoms with Crippen molar-refractivity contribution in [2.45, 2.75) is 32.6 Å². The summed E-state index contributed by atoms with van der Waals surface area (Å²) in [4.78, 5) is 27.7. The quantitative estimate of drug-likeness (QED) is 0.822. The highest BCUT2D eigenvalue weighted by atomic mass is 16.2. The van der Waals surface area contributed by atoms with Crippen LogP contribution in [0.1, 0.15) is 36.8 Å². The van der Waals surface area contributed by atoms with Crippen molar-refractivity contribution in [2.75, 3.05) is 11.9 Å². The molecule has 0 bridgehead atoms. The van der Waals surface area contributed by atoms with Crippen LogP contribution in [0.3, 0.4) is 0 Å². The lowest BCUT2D eigenvalue weighted by Crippen LogP contribution is -2.28. The number of rotatable bonds is 7. The van der Waals surface area contributed by atoms with Gasteiger partial charge in [0.25, 0.3) is 0 Å². The maximum absolute atomic E-state index is 12.0. The standard InChI is InChI=1S/C19H23N3O2/c1-14-5-3-4-6-17(14)15(2)13-19(24)21-12-9-18(23)22-16-7-10-20-11-8-16/h3-8,10-11,15H,9,12-13H2,1-2H3,(H,21,24)(H,20,22,23)/t15-/m1/s1. The van der Waals surface area contributed by atoms with Crippen LogP contribution < -0.4 is 10.6 Å². The first kappa shape index (κ1) is 17.7. The van der Waals surface area contributed by atoms with Crippen molar-refractivity contribution in [3.63, 3.8) is 0 Å². The molecule has 0 radical (unpaired) electrons. The van der Waals surface area contributed by atoms with E-state index in [1.54, 1.807) is 24.5 Å². The van der Waals surface area contributed by atoms with Gasteiger partial charge < -0.3 is 10.6 Å². The molecule has 5 nitrogen and oxygen atoms in total. The molecule has 1 aromatic heterocycles. The molecule has 0 saturated carbocycles. The van der Waals surface area contributed by atoms with E-state index in [-0.39, 0.29) is 24.2 Å². The van der Waals surface area contributed by atoms with Crippen LogP contribution >= 0.6 is 0 Å². The Hall–Kier alpha value is -2.69. The molecule has 1 atom stereocenters. The summed E-state index contributed by atoms with van der Waals surface area (Å²) in [5.41, 5.74) is 3.08. The van der Waals surface area contributed by atoms with Gasteiger partial charge >= 0.3 is 0 Å². The van der Waals surface area contributed by atoms with Crippen LogP contribution in [0.25, 0.3) is 0 Å². The smallest absolute Gasteiger partial charge is 0.226 e.